The fraction of sp³-hybridized carbons (Fsp3) is 0.267. The Morgan fingerprint density at radius 3 is 2.67 bits per heavy atom. The van der Waals surface area contributed by atoms with Crippen molar-refractivity contribution >= 4 is 12.2 Å². The Balaban J connectivity index is 2.06. The van der Waals surface area contributed by atoms with E-state index in [4.69, 9.17) is 4.74 Å². The van der Waals surface area contributed by atoms with Crippen molar-refractivity contribution in [2.75, 3.05) is 14.1 Å². The molecule has 0 saturated heterocycles. The first kappa shape index (κ1) is 14.9. The molecule has 0 aliphatic rings. The highest BCUT2D eigenvalue weighted by Gasteiger charge is 2.07. The fourth-order valence-corrected chi connectivity index (χ4v) is 1.50. The molecule has 0 saturated carbocycles. The summed E-state index contributed by atoms with van der Waals surface area (Å²) in [6.07, 6.45) is 2.52. The van der Waals surface area contributed by atoms with Crippen molar-refractivity contribution in [2.45, 2.75) is 13.5 Å². The highest BCUT2D eigenvalue weighted by atomic mass is 19.1. The van der Waals surface area contributed by atoms with Crippen LogP contribution in [-0.2, 0) is 6.61 Å². The van der Waals surface area contributed by atoms with Gasteiger partial charge >= 0.3 is 6.01 Å². The maximum Gasteiger partial charge on any atom is 0.318 e. The number of ether oxygens (including phenoxy) is 1. The predicted molar refractivity (Wildman–Crippen MR) is 79.3 cm³/mol. The zero-order valence-corrected chi connectivity index (χ0v) is 12.2. The molecule has 21 heavy (non-hydrogen) atoms. The molecule has 1 aromatic heterocycles. The Hall–Kier alpha value is -2.50. The van der Waals surface area contributed by atoms with E-state index >= 15 is 0 Å². The maximum atomic E-state index is 13.5. The van der Waals surface area contributed by atoms with E-state index in [-0.39, 0.29) is 11.8 Å². The zero-order chi connectivity index (χ0) is 15.2. The van der Waals surface area contributed by atoms with Crippen molar-refractivity contribution in [1.82, 2.24) is 14.9 Å². The van der Waals surface area contributed by atoms with Gasteiger partial charge in [0.25, 0.3) is 0 Å². The van der Waals surface area contributed by atoms with Crippen LogP contribution in [0.25, 0.3) is 0 Å². The van der Waals surface area contributed by atoms with E-state index in [1.54, 1.807) is 19.0 Å². The first-order chi connectivity index (χ1) is 10.0. The van der Waals surface area contributed by atoms with Crippen molar-refractivity contribution in [1.29, 1.82) is 0 Å². The molecule has 0 spiro atoms. The molecule has 110 valence electrons. The maximum absolute atomic E-state index is 13.5. The first-order valence-corrected chi connectivity index (χ1v) is 6.46. The summed E-state index contributed by atoms with van der Waals surface area (Å²) in [4.78, 5) is 13.4. The van der Waals surface area contributed by atoms with Crippen LogP contribution >= 0.6 is 0 Å². The van der Waals surface area contributed by atoms with Crippen molar-refractivity contribution in [3.8, 4) is 6.01 Å². The molecule has 0 bridgehead atoms. The number of aromatic nitrogens is 2. The monoisotopic (exact) mass is 288 g/mol. The second-order valence-electron chi connectivity index (χ2n) is 4.81. The minimum absolute atomic E-state index is 0.0439. The molecule has 2 rings (SSSR count). The highest BCUT2D eigenvalue weighted by Crippen LogP contribution is 2.17. The van der Waals surface area contributed by atoms with E-state index < -0.39 is 5.82 Å². The SMILES string of the molecule is Cc1ccc(COc2ncc(F)c(/N=C/N(C)C)n2)cc1. The smallest absolute Gasteiger partial charge is 0.318 e. The molecule has 1 aromatic carbocycles. The van der Waals surface area contributed by atoms with Crippen molar-refractivity contribution < 1.29 is 9.13 Å². The summed E-state index contributed by atoms with van der Waals surface area (Å²) in [7, 11) is 3.58. The van der Waals surface area contributed by atoms with Crippen LogP contribution in [0, 0.1) is 12.7 Å². The van der Waals surface area contributed by atoms with E-state index in [0.717, 1.165) is 11.8 Å². The summed E-state index contributed by atoms with van der Waals surface area (Å²) < 4.78 is 19.0. The molecule has 0 aliphatic carbocycles. The number of hydrogen-bond donors (Lipinski definition) is 0. The summed E-state index contributed by atoms with van der Waals surface area (Å²) in [5, 5.41) is 0. The number of benzene rings is 1. The fourth-order valence-electron chi connectivity index (χ4n) is 1.50. The van der Waals surface area contributed by atoms with Crippen LogP contribution < -0.4 is 4.74 Å². The summed E-state index contributed by atoms with van der Waals surface area (Å²) in [5.41, 5.74) is 2.17. The standard InChI is InChI=1S/C15H17FN4O/c1-11-4-6-12(7-5-11)9-21-15-17-8-13(16)14(19-15)18-10-20(2)3/h4-8,10H,9H2,1-3H3/b18-10+. The largest absolute Gasteiger partial charge is 0.459 e. The zero-order valence-electron chi connectivity index (χ0n) is 12.2. The molecule has 6 heteroatoms. The van der Waals surface area contributed by atoms with Gasteiger partial charge in [-0.25, -0.2) is 14.4 Å². The third-order valence-electron chi connectivity index (χ3n) is 2.60. The van der Waals surface area contributed by atoms with E-state index in [2.05, 4.69) is 15.0 Å². The van der Waals surface area contributed by atoms with Gasteiger partial charge < -0.3 is 9.64 Å². The van der Waals surface area contributed by atoms with Crippen LogP contribution in [0.1, 0.15) is 11.1 Å². The van der Waals surface area contributed by atoms with Gasteiger partial charge in [-0.15, -0.1) is 0 Å². The summed E-state index contributed by atoms with van der Waals surface area (Å²) >= 11 is 0. The Kier molecular flexibility index (Phi) is 4.81. The quantitative estimate of drug-likeness (QED) is 0.627. The number of aliphatic imine (C=N–C) groups is 1. The molecule has 2 aromatic rings. The van der Waals surface area contributed by atoms with Crippen LogP contribution in [0.3, 0.4) is 0 Å². The lowest BCUT2D eigenvalue weighted by Crippen LogP contribution is -2.07. The molecule has 0 N–H and O–H groups in total. The Morgan fingerprint density at radius 1 is 1.29 bits per heavy atom. The van der Waals surface area contributed by atoms with Crippen molar-refractivity contribution in [2.24, 2.45) is 4.99 Å². The summed E-state index contributed by atoms with van der Waals surface area (Å²) in [6, 6.07) is 8.02. The predicted octanol–water partition coefficient (Wildman–Crippen LogP) is 2.72. The number of rotatable bonds is 5. The lowest BCUT2D eigenvalue weighted by Gasteiger charge is -2.06. The van der Waals surface area contributed by atoms with Gasteiger partial charge in [-0.1, -0.05) is 29.8 Å². The van der Waals surface area contributed by atoms with Crippen LogP contribution in [0.15, 0.2) is 35.5 Å². The van der Waals surface area contributed by atoms with Crippen molar-refractivity contribution in [3.63, 3.8) is 0 Å². The van der Waals surface area contributed by atoms with Gasteiger partial charge in [0.05, 0.1) is 12.5 Å². The number of halogens is 1. The van der Waals surface area contributed by atoms with E-state index in [0.29, 0.717) is 6.61 Å². The third kappa shape index (κ3) is 4.52. The summed E-state index contributed by atoms with van der Waals surface area (Å²) in [5.74, 6) is -0.631. The molecular formula is C15H17FN4O. The van der Waals surface area contributed by atoms with Gasteiger partial charge in [0, 0.05) is 14.1 Å². The van der Waals surface area contributed by atoms with Gasteiger partial charge in [-0.05, 0) is 12.5 Å². The lowest BCUT2D eigenvalue weighted by atomic mass is 10.2. The van der Waals surface area contributed by atoms with Gasteiger partial charge in [0.15, 0.2) is 11.6 Å². The van der Waals surface area contributed by atoms with Crippen molar-refractivity contribution in [3.05, 3.63) is 47.4 Å². The minimum atomic E-state index is -0.587. The molecule has 0 aliphatic heterocycles. The lowest BCUT2D eigenvalue weighted by molar-refractivity contribution is 0.279. The average Bonchev–Trinajstić information content (AvgIpc) is 2.46. The van der Waals surface area contributed by atoms with Crippen LogP contribution in [-0.4, -0.2) is 35.3 Å². The Bertz CT molecular complexity index is 626. The van der Waals surface area contributed by atoms with Crippen LogP contribution in [0.4, 0.5) is 10.2 Å². The minimum Gasteiger partial charge on any atom is -0.459 e. The van der Waals surface area contributed by atoms with Crippen LogP contribution in [0.2, 0.25) is 0 Å². The Morgan fingerprint density at radius 2 is 2.00 bits per heavy atom. The molecule has 0 atom stereocenters. The molecule has 0 radical (unpaired) electrons. The molecule has 0 unspecified atom stereocenters. The summed E-state index contributed by atoms with van der Waals surface area (Å²) in [6.45, 7) is 2.34. The average molecular weight is 288 g/mol. The topological polar surface area (TPSA) is 50.6 Å². The molecule has 0 amide bonds. The van der Waals surface area contributed by atoms with Gasteiger partial charge in [0.2, 0.25) is 0 Å². The van der Waals surface area contributed by atoms with E-state index in [1.807, 2.05) is 31.2 Å². The van der Waals surface area contributed by atoms with Crippen LogP contribution in [0.5, 0.6) is 6.01 Å². The normalized spacial score (nSPS) is 10.9. The highest BCUT2D eigenvalue weighted by molar-refractivity contribution is 5.59. The molecule has 0 fully saturated rings. The molecular weight excluding hydrogens is 271 g/mol. The van der Waals surface area contributed by atoms with Gasteiger partial charge in [-0.3, -0.25) is 0 Å². The number of hydrogen-bond acceptors (Lipinski definition) is 4. The number of aryl methyl sites for hydroxylation is 1. The molecule has 1 heterocycles. The second kappa shape index (κ2) is 6.78. The van der Waals surface area contributed by atoms with Gasteiger partial charge in [0.1, 0.15) is 6.61 Å². The Labute approximate surface area is 123 Å². The van der Waals surface area contributed by atoms with Gasteiger partial charge in [-0.2, -0.15) is 4.98 Å². The third-order valence-corrected chi connectivity index (χ3v) is 2.60. The molecule has 5 nitrogen and oxygen atoms in total. The second-order valence-corrected chi connectivity index (χ2v) is 4.81. The van der Waals surface area contributed by atoms with E-state index in [1.165, 1.54) is 11.9 Å². The first-order valence-electron chi connectivity index (χ1n) is 6.46. The number of nitrogens with zero attached hydrogens (tertiary/aromatic N) is 4. The van der Waals surface area contributed by atoms with E-state index in [9.17, 15) is 4.39 Å².